The van der Waals surface area contributed by atoms with E-state index in [-0.39, 0.29) is 11.5 Å². The number of nitrogens with two attached hydrogens (primary N) is 1. The highest BCUT2D eigenvalue weighted by molar-refractivity contribution is 5.55. The van der Waals surface area contributed by atoms with Gasteiger partial charge in [0.2, 0.25) is 0 Å². The minimum absolute atomic E-state index is 0.196. The number of nitrogens with zero attached hydrogens (tertiary/aromatic N) is 3. The van der Waals surface area contributed by atoms with Gasteiger partial charge >= 0.3 is 0 Å². The number of piperazine rings is 1. The molecule has 0 bridgehead atoms. The zero-order chi connectivity index (χ0) is 15.7. The minimum atomic E-state index is -0.351. The summed E-state index contributed by atoms with van der Waals surface area (Å²) in [5.41, 5.74) is 8.89. The Labute approximate surface area is 130 Å². The first kappa shape index (κ1) is 14.6. The molecule has 1 aliphatic heterocycles. The first-order valence-corrected chi connectivity index (χ1v) is 7.53. The quantitative estimate of drug-likeness (QED) is 0.866. The summed E-state index contributed by atoms with van der Waals surface area (Å²) in [6.45, 7) is 7.55. The van der Waals surface area contributed by atoms with Gasteiger partial charge in [-0.1, -0.05) is 0 Å². The van der Waals surface area contributed by atoms with Crippen LogP contribution in [0.3, 0.4) is 0 Å². The Hall–Kier alpha value is -2.30. The summed E-state index contributed by atoms with van der Waals surface area (Å²) in [5.74, 6) is 0.677. The van der Waals surface area contributed by atoms with E-state index in [0.29, 0.717) is 0 Å². The molecule has 0 atom stereocenters. The fourth-order valence-corrected chi connectivity index (χ4v) is 2.89. The Bertz CT molecular complexity index is 658. The number of benzene rings is 1. The number of anilines is 3. The van der Waals surface area contributed by atoms with E-state index in [4.69, 9.17) is 5.73 Å². The van der Waals surface area contributed by atoms with E-state index in [2.05, 4.69) is 33.8 Å². The molecule has 1 aromatic carbocycles. The molecule has 0 amide bonds. The smallest absolute Gasteiger partial charge is 0.148 e. The van der Waals surface area contributed by atoms with Gasteiger partial charge in [0, 0.05) is 37.6 Å². The monoisotopic (exact) mass is 300 g/mol. The van der Waals surface area contributed by atoms with Gasteiger partial charge in [0.15, 0.2) is 0 Å². The third-order valence-corrected chi connectivity index (χ3v) is 4.04. The van der Waals surface area contributed by atoms with E-state index < -0.39 is 0 Å². The average molecular weight is 300 g/mol. The molecule has 1 fully saturated rings. The Balaban J connectivity index is 1.70. The highest BCUT2D eigenvalue weighted by Crippen LogP contribution is 2.23. The molecule has 2 aromatic rings. The van der Waals surface area contributed by atoms with Crippen molar-refractivity contribution < 1.29 is 4.39 Å². The highest BCUT2D eigenvalue weighted by Gasteiger charge is 2.19. The van der Waals surface area contributed by atoms with Crippen molar-refractivity contribution in [2.45, 2.75) is 13.8 Å². The van der Waals surface area contributed by atoms with Crippen LogP contribution in [0.5, 0.6) is 0 Å². The van der Waals surface area contributed by atoms with Crippen molar-refractivity contribution in [3.8, 4) is 0 Å². The van der Waals surface area contributed by atoms with E-state index in [1.807, 2.05) is 13.0 Å². The van der Waals surface area contributed by atoms with Gasteiger partial charge in [-0.05, 0) is 49.7 Å². The van der Waals surface area contributed by atoms with Crippen molar-refractivity contribution in [3.05, 3.63) is 47.4 Å². The van der Waals surface area contributed by atoms with Crippen LogP contribution in [-0.2, 0) is 0 Å². The summed E-state index contributed by atoms with van der Waals surface area (Å²) in [6, 6.07) is 9.22. The molecule has 1 saturated heterocycles. The van der Waals surface area contributed by atoms with Crippen LogP contribution in [0.4, 0.5) is 21.6 Å². The second-order valence-electron chi connectivity index (χ2n) is 5.82. The Morgan fingerprint density at radius 1 is 1.00 bits per heavy atom. The average Bonchev–Trinajstić information content (AvgIpc) is 2.49. The van der Waals surface area contributed by atoms with Gasteiger partial charge in [-0.25, -0.2) is 9.37 Å². The fourth-order valence-electron chi connectivity index (χ4n) is 2.89. The van der Waals surface area contributed by atoms with Crippen molar-refractivity contribution in [3.63, 3.8) is 0 Å². The lowest BCUT2D eigenvalue weighted by Crippen LogP contribution is -2.47. The topological polar surface area (TPSA) is 45.4 Å². The highest BCUT2D eigenvalue weighted by atomic mass is 19.1. The summed E-state index contributed by atoms with van der Waals surface area (Å²) < 4.78 is 13.6. The zero-order valence-electron chi connectivity index (χ0n) is 13.0. The van der Waals surface area contributed by atoms with Crippen LogP contribution >= 0.6 is 0 Å². The molecule has 2 N–H and O–H groups in total. The van der Waals surface area contributed by atoms with E-state index >= 15 is 0 Å². The van der Waals surface area contributed by atoms with Crippen molar-refractivity contribution >= 4 is 17.2 Å². The van der Waals surface area contributed by atoms with E-state index in [9.17, 15) is 4.39 Å². The molecule has 22 heavy (non-hydrogen) atoms. The van der Waals surface area contributed by atoms with Crippen molar-refractivity contribution in [2.24, 2.45) is 0 Å². The van der Waals surface area contributed by atoms with Crippen LogP contribution in [0.15, 0.2) is 30.3 Å². The predicted molar refractivity (Wildman–Crippen MR) is 88.9 cm³/mol. The molecular formula is C17H21FN4. The van der Waals surface area contributed by atoms with E-state index in [1.165, 1.54) is 11.6 Å². The second kappa shape index (κ2) is 5.83. The molecule has 3 rings (SSSR count). The number of halogens is 1. The molecule has 0 aliphatic carbocycles. The summed E-state index contributed by atoms with van der Waals surface area (Å²) in [7, 11) is 0. The van der Waals surface area contributed by atoms with Gasteiger partial charge < -0.3 is 15.5 Å². The molecule has 2 heterocycles. The van der Waals surface area contributed by atoms with Crippen molar-refractivity contribution in [1.82, 2.24) is 4.98 Å². The van der Waals surface area contributed by atoms with Crippen LogP contribution in [0.25, 0.3) is 0 Å². The second-order valence-corrected chi connectivity index (χ2v) is 5.82. The molecule has 4 nitrogen and oxygen atoms in total. The maximum absolute atomic E-state index is 13.6. The van der Waals surface area contributed by atoms with E-state index in [0.717, 1.165) is 43.4 Å². The van der Waals surface area contributed by atoms with Gasteiger partial charge in [0.05, 0.1) is 5.69 Å². The maximum Gasteiger partial charge on any atom is 0.148 e. The molecule has 1 aromatic heterocycles. The molecule has 0 unspecified atom stereocenters. The van der Waals surface area contributed by atoms with Crippen molar-refractivity contribution in [1.29, 1.82) is 0 Å². The van der Waals surface area contributed by atoms with Gasteiger partial charge in [0.25, 0.3) is 0 Å². The first-order chi connectivity index (χ1) is 10.5. The largest absolute Gasteiger partial charge is 0.396 e. The SMILES string of the molecule is Cc1cc(C)nc(N2CCN(c3ccc(N)c(F)c3)CC2)c1. The number of hydrogen-bond donors (Lipinski definition) is 1. The third-order valence-electron chi connectivity index (χ3n) is 4.04. The van der Waals surface area contributed by atoms with Gasteiger partial charge in [-0.15, -0.1) is 0 Å². The van der Waals surface area contributed by atoms with Crippen LogP contribution in [0.2, 0.25) is 0 Å². The zero-order valence-corrected chi connectivity index (χ0v) is 13.0. The fraction of sp³-hybridized carbons (Fsp3) is 0.353. The number of nitrogen functional groups attached to an aromatic ring is 1. The van der Waals surface area contributed by atoms with Crippen molar-refractivity contribution in [2.75, 3.05) is 41.7 Å². The summed E-state index contributed by atoms with van der Waals surface area (Å²) in [6.07, 6.45) is 0. The molecule has 0 spiro atoms. The Morgan fingerprint density at radius 2 is 1.68 bits per heavy atom. The summed E-state index contributed by atoms with van der Waals surface area (Å²) in [5, 5.41) is 0. The third kappa shape index (κ3) is 2.98. The number of aromatic nitrogens is 1. The lowest BCUT2D eigenvalue weighted by Gasteiger charge is -2.37. The first-order valence-electron chi connectivity index (χ1n) is 7.53. The van der Waals surface area contributed by atoms with Gasteiger partial charge in [-0.2, -0.15) is 0 Å². The van der Waals surface area contributed by atoms with Crippen LogP contribution < -0.4 is 15.5 Å². The summed E-state index contributed by atoms with van der Waals surface area (Å²) >= 11 is 0. The number of pyridine rings is 1. The molecule has 0 saturated carbocycles. The summed E-state index contributed by atoms with van der Waals surface area (Å²) in [4.78, 5) is 9.08. The normalized spacial score (nSPS) is 15.2. The Kier molecular flexibility index (Phi) is 3.88. The maximum atomic E-state index is 13.6. The molecule has 1 aliphatic rings. The molecule has 0 radical (unpaired) electrons. The van der Waals surface area contributed by atoms with Crippen LogP contribution in [-0.4, -0.2) is 31.2 Å². The van der Waals surface area contributed by atoms with Crippen LogP contribution in [0, 0.1) is 19.7 Å². The molecule has 5 heteroatoms. The number of aryl methyl sites for hydroxylation is 2. The minimum Gasteiger partial charge on any atom is -0.396 e. The van der Waals surface area contributed by atoms with Gasteiger partial charge in [0.1, 0.15) is 11.6 Å². The lowest BCUT2D eigenvalue weighted by atomic mass is 10.2. The molecule has 116 valence electrons. The van der Waals surface area contributed by atoms with E-state index in [1.54, 1.807) is 6.07 Å². The molecular weight excluding hydrogens is 279 g/mol. The Morgan fingerprint density at radius 3 is 2.32 bits per heavy atom. The standard InChI is InChI=1S/C17H21FN4/c1-12-9-13(2)20-17(10-12)22-7-5-21(6-8-22)14-3-4-16(19)15(18)11-14/h3-4,9-11H,5-8,19H2,1-2H3. The predicted octanol–water partition coefficient (Wildman–Crippen LogP) is 2.75. The lowest BCUT2D eigenvalue weighted by molar-refractivity contribution is 0.623. The number of rotatable bonds is 2. The van der Waals surface area contributed by atoms with Gasteiger partial charge in [-0.3, -0.25) is 0 Å². The number of hydrogen-bond acceptors (Lipinski definition) is 4. The van der Waals surface area contributed by atoms with Crippen LogP contribution in [0.1, 0.15) is 11.3 Å².